The van der Waals surface area contributed by atoms with Gasteiger partial charge in [0.05, 0.1) is 10.6 Å². The minimum absolute atomic E-state index is 0.0751. The lowest BCUT2D eigenvalue weighted by atomic mass is 10.1. The van der Waals surface area contributed by atoms with Gasteiger partial charge in [0.25, 0.3) is 0 Å². The lowest BCUT2D eigenvalue weighted by Crippen LogP contribution is -2.28. The van der Waals surface area contributed by atoms with Crippen LogP contribution in [0.2, 0.25) is 0 Å². The lowest BCUT2D eigenvalue weighted by Gasteiger charge is -2.19. The molecule has 2 heterocycles. The number of nitrogens with zero attached hydrogens (tertiary/aromatic N) is 4. The maximum absolute atomic E-state index is 13.0. The molecule has 9 heteroatoms. The van der Waals surface area contributed by atoms with Crippen molar-refractivity contribution in [3.63, 3.8) is 0 Å². The highest BCUT2D eigenvalue weighted by Gasteiger charge is 2.25. The van der Waals surface area contributed by atoms with Crippen molar-refractivity contribution in [2.24, 2.45) is 0 Å². The number of amides is 1. The molecular formula is C21H23N5O3S. The van der Waals surface area contributed by atoms with Gasteiger partial charge in [-0.15, -0.1) is 0 Å². The normalized spacial score (nSPS) is 15.5. The van der Waals surface area contributed by atoms with Gasteiger partial charge in [0.2, 0.25) is 15.9 Å². The molecule has 2 aromatic carbocycles. The number of hydrogen-bond acceptors (Lipinski definition) is 5. The molecule has 156 valence electrons. The number of nitrogens with one attached hydrogen (secondary N) is 1. The standard InChI is InChI=1S/C21H23N5O3S/c1-15-12-19(25-11-3-4-21(25)27)9-10-20(15)30(28,29)24-16(2)17-5-7-18(8-6-17)26-14-22-13-23-26/h5-10,12-14,16,24H,3-4,11H2,1-2H3. The molecule has 8 nitrogen and oxygen atoms in total. The molecule has 3 aromatic rings. The van der Waals surface area contributed by atoms with Gasteiger partial charge in [-0.1, -0.05) is 12.1 Å². The van der Waals surface area contributed by atoms with Crippen molar-refractivity contribution in [1.29, 1.82) is 0 Å². The second-order valence-corrected chi connectivity index (χ2v) is 9.06. The van der Waals surface area contributed by atoms with Crippen LogP contribution >= 0.6 is 0 Å². The average Bonchev–Trinajstić information content (AvgIpc) is 3.39. The highest BCUT2D eigenvalue weighted by Crippen LogP contribution is 2.27. The Morgan fingerprint density at radius 1 is 1.10 bits per heavy atom. The Morgan fingerprint density at radius 3 is 2.43 bits per heavy atom. The minimum Gasteiger partial charge on any atom is -0.312 e. The van der Waals surface area contributed by atoms with Crippen molar-refractivity contribution in [2.75, 3.05) is 11.4 Å². The van der Waals surface area contributed by atoms with E-state index in [1.165, 1.54) is 6.33 Å². The molecule has 1 unspecified atom stereocenters. The monoisotopic (exact) mass is 425 g/mol. The summed E-state index contributed by atoms with van der Waals surface area (Å²) in [5.74, 6) is 0.0751. The third kappa shape index (κ3) is 3.99. The van der Waals surface area contributed by atoms with E-state index in [1.807, 2.05) is 24.3 Å². The van der Waals surface area contributed by atoms with Crippen molar-refractivity contribution >= 4 is 21.6 Å². The van der Waals surface area contributed by atoms with Gasteiger partial charge in [-0.3, -0.25) is 4.79 Å². The quantitative estimate of drug-likeness (QED) is 0.655. The number of benzene rings is 2. The van der Waals surface area contributed by atoms with Gasteiger partial charge in [0.15, 0.2) is 0 Å². The average molecular weight is 426 g/mol. The molecule has 1 fully saturated rings. The molecule has 0 aliphatic carbocycles. The van der Waals surface area contributed by atoms with E-state index in [4.69, 9.17) is 0 Å². The van der Waals surface area contributed by atoms with Gasteiger partial charge in [0.1, 0.15) is 12.7 Å². The molecule has 0 bridgehead atoms. The van der Waals surface area contributed by atoms with E-state index >= 15 is 0 Å². The van der Waals surface area contributed by atoms with Crippen LogP contribution in [-0.2, 0) is 14.8 Å². The maximum atomic E-state index is 13.0. The van der Waals surface area contributed by atoms with Crippen molar-refractivity contribution in [1.82, 2.24) is 19.5 Å². The molecule has 0 spiro atoms. The van der Waals surface area contributed by atoms with Crippen molar-refractivity contribution < 1.29 is 13.2 Å². The Morgan fingerprint density at radius 2 is 1.83 bits per heavy atom. The van der Waals surface area contributed by atoms with E-state index < -0.39 is 16.1 Å². The topological polar surface area (TPSA) is 97.2 Å². The van der Waals surface area contributed by atoms with E-state index in [-0.39, 0.29) is 10.8 Å². The largest absolute Gasteiger partial charge is 0.312 e. The fraction of sp³-hybridized carbons (Fsp3) is 0.286. The van der Waals surface area contributed by atoms with Gasteiger partial charge >= 0.3 is 0 Å². The van der Waals surface area contributed by atoms with Gasteiger partial charge in [-0.25, -0.2) is 22.8 Å². The third-order valence-electron chi connectivity index (χ3n) is 5.24. The van der Waals surface area contributed by atoms with Crippen LogP contribution in [0.3, 0.4) is 0 Å². The molecule has 1 aliphatic heterocycles. The van der Waals surface area contributed by atoms with Crippen molar-refractivity contribution in [3.8, 4) is 5.69 Å². The third-order valence-corrected chi connectivity index (χ3v) is 6.94. The highest BCUT2D eigenvalue weighted by atomic mass is 32.2. The smallest absolute Gasteiger partial charge is 0.241 e. The predicted molar refractivity (Wildman–Crippen MR) is 113 cm³/mol. The van der Waals surface area contributed by atoms with Crippen molar-refractivity contribution in [2.45, 2.75) is 37.6 Å². The van der Waals surface area contributed by atoms with E-state index in [1.54, 1.807) is 48.0 Å². The van der Waals surface area contributed by atoms with E-state index in [0.717, 1.165) is 23.4 Å². The molecular weight excluding hydrogens is 402 g/mol. The Labute approximate surface area is 175 Å². The van der Waals surface area contributed by atoms with Crippen LogP contribution in [0.4, 0.5) is 5.69 Å². The van der Waals surface area contributed by atoms with Crippen LogP contribution in [0.1, 0.15) is 36.9 Å². The minimum atomic E-state index is -3.73. The molecule has 0 radical (unpaired) electrons. The molecule has 4 rings (SSSR count). The summed E-state index contributed by atoms with van der Waals surface area (Å²) in [6.45, 7) is 4.22. The number of carbonyl (C=O) groups is 1. The lowest BCUT2D eigenvalue weighted by molar-refractivity contribution is -0.117. The van der Waals surface area contributed by atoms with Crippen molar-refractivity contribution in [3.05, 3.63) is 66.2 Å². The van der Waals surface area contributed by atoms with Gasteiger partial charge < -0.3 is 4.90 Å². The van der Waals surface area contributed by atoms with Gasteiger partial charge in [0, 0.05) is 24.7 Å². The summed E-state index contributed by atoms with van der Waals surface area (Å²) in [5.41, 5.74) is 3.02. The summed E-state index contributed by atoms with van der Waals surface area (Å²) < 4.78 is 30.3. The predicted octanol–water partition coefficient (Wildman–Crippen LogP) is 2.74. The molecule has 1 N–H and O–H groups in total. The van der Waals surface area contributed by atoms with Gasteiger partial charge in [-0.2, -0.15) is 5.10 Å². The first kappa shape index (κ1) is 20.2. The van der Waals surface area contributed by atoms with Crippen LogP contribution in [0.5, 0.6) is 0 Å². The first-order valence-electron chi connectivity index (χ1n) is 9.73. The molecule has 1 amide bonds. The maximum Gasteiger partial charge on any atom is 0.241 e. The summed E-state index contributed by atoms with van der Waals surface area (Å²) in [6, 6.07) is 12.1. The van der Waals surface area contributed by atoms with Crippen LogP contribution in [-0.4, -0.2) is 35.6 Å². The summed E-state index contributed by atoms with van der Waals surface area (Å²) in [6.07, 6.45) is 4.42. The molecule has 0 saturated carbocycles. The second kappa shape index (κ2) is 8.00. The Hall–Kier alpha value is -3.04. The number of aryl methyl sites for hydroxylation is 1. The second-order valence-electron chi connectivity index (χ2n) is 7.37. The Kier molecular flexibility index (Phi) is 5.40. The van der Waals surface area contributed by atoms with E-state index in [0.29, 0.717) is 18.5 Å². The first-order valence-corrected chi connectivity index (χ1v) is 11.2. The summed E-state index contributed by atoms with van der Waals surface area (Å²) in [4.78, 5) is 17.8. The zero-order valence-electron chi connectivity index (χ0n) is 16.8. The zero-order chi connectivity index (χ0) is 21.3. The SMILES string of the molecule is Cc1cc(N2CCCC2=O)ccc1S(=O)(=O)NC(C)c1ccc(-n2cncn2)cc1. The van der Waals surface area contributed by atoms with Crippen LogP contribution < -0.4 is 9.62 Å². The molecule has 1 aliphatic rings. The van der Waals surface area contributed by atoms with Crippen LogP contribution in [0.25, 0.3) is 5.69 Å². The summed E-state index contributed by atoms with van der Waals surface area (Å²) >= 11 is 0. The molecule has 1 aromatic heterocycles. The Bertz CT molecular complexity index is 1160. The number of anilines is 1. The number of carbonyl (C=O) groups excluding carboxylic acids is 1. The summed E-state index contributed by atoms with van der Waals surface area (Å²) in [7, 11) is -3.73. The number of hydrogen-bond donors (Lipinski definition) is 1. The Balaban J connectivity index is 1.51. The fourth-order valence-electron chi connectivity index (χ4n) is 3.65. The number of rotatable bonds is 6. The molecule has 1 saturated heterocycles. The molecule has 30 heavy (non-hydrogen) atoms. The first-order chi connectivity index (χ1) is 14.3. The van der Waals surface area contributed by atoms with E-state index in [2.05, 4.69) is 14.8 Å². The zero-order valence-corrected chi connectivity index (χ0v) is 17.6. The van der Waals surface area contributed by atoms with Crippen LogP contribution in [0, 0.1) is 6.92 Å². The van der Waals surface area contributed by atoms with E-state index in [9.17, 15) is 13.2 Å². The van der Waals surface area contributed by atoms with Crippen LogP contribution in [0.15, 0.2) is 60.0 Å². The highest BCUT2D eigenvalue weighted by molar-refractivity contribution is 7.89. The fourth-order valence-corrected chi connectivity index (χ4v) is 5.10. The van der Waals surface area contributed by atoms with Gasteiger partial charge in [-0.05, 0) is 61.7 Å². The number of aromatic nitrogens is 3. The molecule has 1 atom stereocenters. The summed E-state index contributed by atoms with van der Waals surface area (Å²) in [5, 5.41) is 4.08. The number of sulfonamides is 1.